The Morgan fingerprint density at radius 2 is 2.00 bits per heavy atom. The van der Waals surface area contributed by atoms with Crippen molar-refractivity contribution in [1.82, 2.24) is 5.32 Å². The first-order valence-electron chi connectivity index (χ1n) is 7.07. The Labute approximate surface area is 143 Å². The third-order valence-electron chi connectivity index (χ3n) is 2.71. The molecule has 1 heterocycles. The van der Waals surface area contributed by atoms with Gasteiger partial charge in [-0.25, -0.2) is 4.79 Å². The van der Waals surface area contributed by atoms with Gasteiger partial charge >= 0.3 is 5.97 Å². The van der Waals surface area contributed by atoms with Crippen LogP contribution >= 0.6 is 23.1 Å². The van der Waals surface area contributed by atoms with Gasteiger partial charge in [0.05, 0.1) is 0 Å². The molecule has 6 heteroatoms. The summed E-state index contributed by atoms with van der Waals surface area (Å²) in [6.07, 6.45) is 2.99. The van der Waals surface area contributed by atoms with E-state index >= 15 is 0 Å². The van der Waals surface area contributed by atoms with Gasteiger partial charge in [-0.15, -0.1) is 23.1 Å². The molecule has 0 aliphatic heterocycles. The van der Waals surface area contributed by atoms with E-state index in [1.54, 1.807) is 17.8 Å². The maximum atomic E-state index is 11.6. The summed E-state index contributed by atoms with van der Waals surface area (Å²) in [6.45, 7) is 0.268. The van der Waals surface area contributed by atoms with Gasteiger partial charge in [0.15, 0.2) is 6.61 Å². The zero-order valence-electron chi connectivity index (χ0n) is 12.4. The Morgan fingerprint density at radius 1 is 1.17 bits per heavy atom. The highest BCUT2D eigenvalue weighted by atomic mass is 32.2. The minimum absolute atomic E-state index is 0.260. The van der Waals surface area contributed by atoms with Crippen molar-refractivity contribution in [2.24, 2.45) is 0 Å². The number of esters is 1. The summed E-state index contributed by atoms with van der Waals surface area (Å²) in [5, 5.41) is 4.64. The molecule has 0 saturated heterocycles. The van der Waals surface area contributed by atoms with E-state index in [4.69, 9.17) is 4.74 Å². The molecule has 0 bridgehead atoms. The van der Waals surface area contributed by atoms with Crippen molar-refractivity contribution >= 4 is 41.1 Å². The second-order valence-electron chi connectivity index (χ2n) is 4.47. The SMILES string of the molecule is O=C(COC(=O)/C=C/c1cccs1)NCCSc1ccccc1. The van der Waals surface area contributed by atoms with Gasteiger partial charge in [0.25, 0.3) is 5.91 Å². The molecule has 0 saturated carbocycles. The monoisotopic (exact) mass is 347 g/mol. The molecule has 0 unspecified atom stereocenters. The molecule has 0 aliphatic carbocycles. The largest absolute Gasteiger partial charge is 0.452 e. The van der Waals surface area contributed by atoms with E-state index in [1.165, 1.54) is 17.4 Å². The average Bonchev–Trinajstić information content (AvgIpc) is 3.09. The van der Waals surface area contributed by atoms with Crippen molar-refractivity contribution in [3.8, 4) is 0 Å². The predicted molar refractivity (Wildman–Crippen MR) is 94.5 cm³/mol. The van der Waals surface area contributed by atoms with E-state index < -0.39 is 5.97 Å². The van der Waals surface area contributed by atoms with Crippen LogP contribution in [0.2, 0.25) is 0 Å². The standard InChI is InChI=1S/C17H17NO3S2/c19-16(18-10-12-23-14-5-2-1-3-6-14)13-21-17(20)9-8-15-7-4-11-22-15/h1-9,11H,10,12-13H2,(H,18,19)/b9-8+. The number of benzene rings is 1. The fourth-order valence-electron chi connectivity index (χ4n) is 1.65. The van der Waals surface area contributed by atoms with Gasteiger partial charge in [-0.3, -0.25) is 4.79 Å². The second kappa shape index (κ2) is 9.86. The molecule has 2 rings (SSSR count). The summed E-state index contributed by atoms with van der Waals surface area (Å²) >= 11 is 3.19. The molecule has 1 aromatic carbocycles. The van der Waals surface area contributed by atoms with Crippen LogP contribution in [0, 0.1) is 0 Å². The van der Waals surface area contributed by atoms with Crippen LogP contribution in [0.4, 0.5) is 0 Å². The van der Waals surface area contributed by atoms with Crippen molar-refractivity contribution in [3.05, 3.63) is 58.8 Å². The number of rotatable bonds is 8. The van der Waals surface area contributed by atoms with Gasteiger partial charge < -0.3 is 10.1 Å². The van der Waals surface area contributed by atoms with Gasteiger partial charge in [0.2, 0.25) is 0 Å². The molecule has 0 radical (unpaired) electrons. The van der Waals surface area contributed by atoms with Gasteiger partial charge in [-0.1, -0.05) is 24.3 Å². The lowest BCUT2D eigenvalue weighted by Crippen LogP contribution is -2.30. The predicted octanol–water partition coefficient (Wildman–Crippen LogP) is 3.21. The molecule has 0 aliphatic rings. The summed E-state index contributed by atoms with van der Waals surface area (Å²) in [5.41, 5.74) is 0. The number of amides is 1. The van der Waals surface area contributed by atoms with Crippen LogP contribution in [0.3, 0.4) is 0 Å². The quantitative estimate of drug-likeness (QED) is 0.345. The Kier molecular flexibility index (Phi) is 7.42. The van der Waals surface area contributed by atoms with Gasteiger partial charge in [-0.05, 0) is 29.7 Å². The highest BCUT2D eigenvalue weighted by Gasteiger charge is 2.04. The number of carbonyl (C=O) groups excluding carboxylic acids is 2. The number of thiophene rings is 1. The van der Waals surface area contributed by atoms with Crippen LogP contribution in [0.15, 0.2) is 58.8 Å². The molecule has 23 heavy (non-hydrogen) atoms. The first-order valence-corrected chi connectivity index (χ1v) is 8.93. The van der Waals surface area contributed by atoms with Crippen molar-refractivity contribution in [2.75, 3.05) is 18.9 Å². The molecule has 0 atom stereocenters. The molecule has 4 nitrogen and oxygen atoms in total. The summed E-state index contributed by atoms with van der Waals surface area (Å²) in [7, 11) is 0. The molecule has 1 aromatic heterocycles. The third-order valence-corrected chi connectivity index (χ3v) is 4.56. The molecule has 0 fully saturated rings. The highest BCUT2D eigenvalue weighted by Crippen LogP contribution is 2.15. The van der Waals surface area contributed by atoms with E-state index in [0.717, 1.165) is 15.5 Å². The zero-order valence-corrected chi connectivity index (χ0v) is 14.1. The lowest BCUT2D eigenvalue weighted by atomic mass is 10.4. The molecule has 0 spiro atoms. The fourth-order valence-corrected chi connectivity index (χ4v) is 3.06. The second-order valence-corrected chi connectivity index (χ2v) is 6.62. The molecule has 120 valence electrons. The van der Waals surface area contributed by atoms with Crippen molar-refractivity contribution < 1.29 is 14.3 Å². The summed E-state index contributed by atoms with van der Waals surface area (Å²) in [4.78, 5) is 25.2. The van der Waals surface area contributed by atoms with Crippen LogP contribution in [0.5, 0.6) is 0 Å². The molecular formula is C17H17NO3S2. The van der Waals surface area contributed by atoms with E-state index in [1.807, 2.05) is 47.8 Å². The minimum Gasteiger partial charge on any atom is -0.452 e. The third kappa shape index (κ3) is 7.17. The Hall–Kier alpha value is -2.05. The number of hydrogen-bond donors (Lipinski definition) is 1. The minimum atomic E-state index is -0.521. The number of ether oxygens (including phenoxy) is 1. The Bertz CT molecular complexity index is 639. The van der Waals surface area contributed by atoms with Crippen LogP contribution in [0.25, 0.3) is 6.08 Å². The Balaban J connectivity index is 1.57. The highest BCUT2D eigenvalue weighted by molar-refractivity contribution is 7.99. The smallest absolute Gasteiger partial charge is 0.331 e. The van der Waals surface area contributed by atoms with Crippen molar-refractivity contribution in [2.45, 2.75) is 4.90 Å². The summed E-state index contributed by atoms with van der Waals surface area (Å²) in [5.74, 6) is -0.0501. The van der Waals surface area contributed by atoms with E-state index in [-0.39, 0.29) is 12.5 Å². The molecule has 1 N–H and O–H groups in total. The van der Waals surface area contributed by atoms with Crippen molar-refractivity contribution in [1.29, 1.82) is 0 Å². The van der Waals surface area contributed by atoms with E-state index in [2.05, 4.69) is 5.32 Å². The molecule has 2 aromatic rings. The van der Waals surface area contributed by atoms with Gasteiger partial charge in [0, 0.05) is 28.1 Å². The van der Waals surface area contributed by atoms with Gasteiger partial charge in [0.1, 0.15) is 0 Å². The van der Waals surface area contributed by atoms with Crippen LogP contribution in [-0.2, 0) is 14.3 Å². The molecule has 1 amide bonds. The number of nitrogens with one attached hydrogen (secondary N) is 1. The maximum Gasteiger partial charge on any atom is 0.331 e. The van der Waals surface area contributed by atoms with E-state index in [0.29, 0.717) is 6.54 Å². The van der Waals surface area contributed by atoms with Crippen LogP contribution in [-0.4, -0.2) is 30.8 Å². The lowest BCUT2D eigenvalue weighted by molar-refractivity contribution is -0.143. The normalized spacial score (nSPS) is 10.6. The average molecular weight is 347 g/mol. The van der Waals surface area contributed by atoms with Crippen LogP contribution < -0.4 is 5.32 Å². The first kappa shape index (κ1) is 17.3. The summed E-state index contributed by atoms with van der Waals surface area (Å²) < 4.78 is 4.88. The topological polar surface area (TPSA) is 55.4 Å². The number of hydrogen-bond acceptors (Lipinski definition) is 5. The maximum absolute atomic E-state index is 11.6. The number of thioether (sulfide) groups is 1. The first-order chi connectivity index (χ1) is 11.2. The fraction of sp³-hybridized carbons (Fsp3) is 0.176. The lowest BCUT2D eigenvalue weighted by Gasteiger charge is -2.05. The zero-order chi connectivity index (χ0) is 16.3. The van der Waals surface area contributed by atoms with E-state index in [9.17, 15) is 9.59 Å². The summed E-state index contributed by atoms with van der Waals surface area (Å²) in [6, 6.07) is 13.8. The number of carbonyl (C=O) groups is 2. The van der Waals surface area contributed by atoms with Crippen molar-refractivity contribution in [3.63, 3.8) is 0 Å². The van der Waals surface area contributed by atoms with Crippen LogP contribution in [0.1, 0.15) is 4.88 Å². The molecular weight excluding hydrogens is 330 g/mol. The Morgan fingerprint density at radius 3 is 2.74 bits per heavy atom. The van der Waals surface area contributed by atoms with Gasteiger partial charge in [-0.2, -0.15) is 0 Å².